The summed E-state index contributed by atoms with van der Waals surface area (Å²) in [6.07, 6.45) is 1.40. The highest BCUT2D eigenvalue weighted by molar-refractivity contribution is 5.64. The smallest absolute Gasteiger partial charge is 0.205 e. The minimum atomic E-state index is -0.145. The lowest BCUT2D eigenvalue weighted by Crippen LogP contribution is -2.48. The molecule has 2 rings (SSSR count). The van der Waals surface area contributed by atoms with Crippen molar-refractivity contribution in [2.75, 3.05) is 43.8 Å². The Balaban J connectivity index is 2.36. The highest BCUT2D eigenvalue weighted by Crippen LogP contribution is 2.32. The van der Waals surface area contributed by atoms with Gasteiger partial charge < -0.3 is 24.9 Å². The molecule has 100 valence electrons. The first-order valence-corrected chi connectivity index (χ1v) is 5.62. The summed E-state index contributed by atoms with van der Waals surface area (Å²) in [7, 11) is 1.53. The van der Waals surface area contributed by atoms with E-state index >= 15 is 0 Å². The van der Waals surface area contributed by atoms with Crippen molar-refractivity contribution >= 4 is 11.6 Å². The molecular weight excluding hydrogens is 238 g/mol. The first-order chi connectivity index (χ1) is 8.81. The van der Waals surface area contributed by atoms with Gasteiger partial charge in [0.1, 0.15) is 6.33 Å². The number of nitrogens with zero attached hydrogens (tertiary/aromatic N) is 3. The van der Waals surface area contributed by atoms with E-state index in [2.05, 4.69) is 15.4 Å². The van der Waals surface area contributed by atoms with Crippen molar-refractivity contribution in [3.05, 3.63) is 6.33 Å². The number of aliphatic hydroxyl groups is 1. The molecule has 1 fully saturated rings. The number of nitrogens with two attached hydrogens (primary N) is 1. The molecule has 0 amide bonds. The normalized spacial score (nSPS) is 19.7. The predicted octanol–water partition coefficient (Wildman–Crippen LogP) is -1.03. The maximum atomic E-state index is 9.37. The molecule has 0 bridgehead atoms. The third-order valence-corrected chi connectivity index (χ3v) is 2.84. The van der Waals surface area contributed by atoms with Gasteiger partial charge in [0.15, 0.2) is 11.6 Å². The zero-order valence-electron chi connectivity index (χ0n) is 10.2. The lowest BCUT2D eigenvalue weighted by molar-refractivity contribution is 0.0720. The van der Waals surface area contributed by atoms with E-state index in [-0.39, 0.29) is 12.6 Å². The largest absolute Gasteiger partial charge is 0.490 e. The number of morpholine rings is 1. The molecule has 1 aromatic heterocycles. The van der Waals surface area contributed by atoms with E-state index in [1.165, 1.54) is 13.4 Å². The molecular formula is C10H17N5O3. The molecule has 1 aliphatic heterocycles. The number of anilines is 2. The molecule has 8 nitrogen and oxygen atoms in total. The summed E-state index contributed by atoms with van der Waals surface area (Å²) < 4.78 is 10.6. The zero-order valence-corrected chi connectivity index (χ0v) is 10.2. The van der Waals surface area contributed by atoms with Crippen LogP contribution in [0.5, 0.6) is 5.75 Å². The Morgan fingerprint density at radius 3 is 3.17 bits per heavy atom. The van der Waals surface area contributed by atoms with Crippen LogP contribution < -0.4 is 20.9 Å². The fourth-order valence-electron chi connectivity index (χ4n) is 1.94. The second-order valence-corrected chi connectivity index (χ2v) is 3.83. The predicted molar refractivity (Wildman–Crippen MR) is 65.4 cm³/mol. The summed E-state index contributed by atoms with van der Waals surface area (Å²) in [6.45, 7) is 1.64. The third kappa shape index (κ3) is 2.30. The summed E-state index contributed by atoms with van der Waals surface area (Å²) in [6, 6.07) is -0.145. The number of rotatable bonds is 4. The average Bonchev–Trinajstić information content (AvgIpc) is 2.46. The molecule has 8 heteroatoms. The van der Waals surface area contributed by atoms with Gasteiger partial charge in [0, 0.05) is 6.54 Å². The van der Waals surface area contributed by atoms with Crippen molar-refractivity contribution in [2.24, 2.45) is 5.84 Å². The van der Waals surface area contributed by atoms with Crippen molar-refractivity contribution < 1.29 is 14.6 Å². The second kappa shape index (κ2) is 5.80. The van der Waals surface area contributed by atoms with Crippen LogP contribution in [0.2, 0.25) is 0 Å². The van der Waals surface area contributed by atoms with Gasteiger partial charge in [-0.1, -0.05) is 0 Å². The van der Waals surface area contributed by atoms with E-state index in [1.807, 2.05) is 4.90 Å². The van der Waals surface area contributed by atoms with Crippen LogP contribution >= 0.6 is 0 Å². The van der Waals surface area contributed by atoms with Crippen LogP contribution in [0.15, 0.2) is 6.33 Å². The van der Waals surface area contributed by atoms with E-state index < -0.39 is 0 Å². The van der Waals surface area contributed by atoms with Crippen LogP contribution in [0, 0.1) is 0 Å². The lowest BCUT2D eigenvalue weighted by atomic mass is 10.2. The Bertz CT molecular complexity index is 403. The summed E-state index contributed by atoms with van der Waals surface area (Å²) in [4.78, 5) is 10.1. The Morgan fingerprint density at radius 1 is 1.67 bits per heavy atom. The molecule has 0 aromatic carbocycles. The molecule has 0 radical (unpaired) electrons. The third-order valence-electron chi connectivity index (χ3n) is 2.84. The minimum absolute atomic E-state index is 0.0153. The number of hydrogen-bond acceptors (Lipinski definition) is 8. The number of hydrazine groups is 1. The molecule has 1 aromatic rings. The van der Waals surface area contributed by atoms with Crippen molar-refractivity contribution in [3.63, 3.8) is 0 Å². The molecule has 0 saturated carbocycles. The first kappa shape index (κ1) is 12.8. The molecule has 1 saturated heterocycles. The number of nitrogens with one attached hydrogen (secondary N) is 1. The molecule has 0 spiro atoms. The van der Waals surface area contributed by atoms with E-state index in [4.69, 9.17) is 15.3 Å². The Hall–Kier alpha value is -1.64. The first-order valence-electron chi connectivity index (χ1n) is 5.62. The summed E-state index contributed by atoms with van der Waals surface area (Å²) in [5.41, 5.74) is 2.46. The molecule has 1 unspecified atom stereocenters. The van der Waals surface area contributed by atoms with Crippen LogP contribution in [-0.4, -0.2) is 54.6 Å². The second-order valence-electron chi connectivity index (χ2n) is 3.83. The van der Waals surface area contributed by atoms with E-state index in [0.29, 0.717) is 37.1 Å². The van der Waals surface area contributed by atoms with Crippen LogP contribution in [-0.2, 0) is 4.74 Å². The van der Waals surface area contributed by atoms with Crippen molar-refractivity contribution in [1.29, 1.82) is 0 Å². The standard InChI is InChI=1S/C10H17N5O3/c1-17-8-9(14-11)12-6-13-10(8)15-2-3-18-5-7(15)4-16/h6-7,16H,2-5,11H2,1H3,(H,12,13,14). The van der Waals surface area contributed by atoms with Crippen molar-refractivity contribution in [3.8, 4) is 5.75 Å². The Morgan fingerprint density at radius 2 is 2.50 bits per heavy atom. The highest BCUT2D eigenvalue weighted by atomic mass is 16.5. The van der Waals surface area contributed by atoms with Gasteiger partial charge in [-0.05, 0) is 0 Å². The maximum absolute atomic E-state index is 9.37. The average molecular weight is 255 g/mol. The van der Waals surface area contributed by atoms with Gasteiger partial charge in [-0.25, -0.2) is 15.8 Å². The van der Waals surface area contributed by atoms with Gasteiger partial charge in [-0.3, -0.25) is 0 Å². The summed E-state index contributed by atoms with van der Waals surface area (Å²) >= 11 is 0. The number of aliphatic hydroxyl groups excluding tert-OH is 1. The van der Waals surface area contributed by atoms with Crippen LogP contribution in [0.3, 0.4) is 0 Å². The quantitative estimate of drug-likeness (QED) is 0.463. The van der Waals surface area contributed by atoms with Gasteiger partial charge in [-0.2, -0.15) is 0 Å². The van der Waals surface area contributed by atoms with Crippen molar-refractivity contribution in [2.45, 2.75) is 6.04 Å². The van der Waals surface area contributed by atoms with Gasteiger partial charge in [-0.15, -0.1) is 0 Å². The number of nitrogen functional groups attached to an aromatic ring is 1. The summed E-state index contributed by atoms with van der Waals surface area (Å²) in [5, 5.41) is 9.37. The molecule has 1 atom stereocenters. The Labute approximate surface area is 105 Å². The van der Waals surface area contributed by atoms with Crippen LogP contribution in [0.4, 0.5) is 11.6 Å². The van der Waals surface area contributed by atoms with Crippen LogP contribution in [0.25, 0.3) is 0 Å². The van der Waals surface area contributed by atoms with Gasteiger partial charge in [0.05, 0.1) is 33.0 Å². The van der Waals surface area contributed by atoms with Crippen molar-refractivity contribution in [1.82, 2.24) is 9.97 Å². The molecule has 18 heavy (non-hydrogen) atoms. The van der Waals surface area contributed by atoms with Gasteiger partial charge >= 0.3 is 0 Å². The Kier molecular flexibility index (Phi) is 4.13. The molecule has 0 aliphatic carbocycles. The number of ether oxygens (including phenoxy) is 2. The number of hydrogen-bond donors (Lipinski definition) is 3. The SMILES string of the molecule is COc1c(NN)ncnc1N1CCOCC1CO. The lowest BCUT2D eigenvalue weighted by Gasteiger charge is -2.35. The highest BCUT2D eigenvalue weighted by Gasteiger charge is 2.27. The zero-order chi connectivity index (χ0) is 13.0. The maximum Gasteiger partial charge on any atom is 0.205 e. The van der Waals surface area contributed by atoms with E-state index in [9.17, 15) is 5.11 Å². The fourth-order valence-corrected chi connectivity index (χ4v) is 1.94. The van der Waals surface area contributed by atoms with Gasteiger partial charge in [0.2, 0.25) is 5.75 Å². The number of methoxy groups -OCH3 is 1. The van der Waals surface area contributed by atoms with Crippen LogP contribution in [0.1, 0.15) is 0 Å². The van der Waals surface area contributed by atoms with E-state index in [1.54, 1.807) is 0 Å². The molecule has 1 aliphatic rings. The molecule has 2 heterocycles. The fraction of sp³-hybridized carbons (Fsp3) is 0.600. The van der Waals surface area contributed by atoms with E-state index in [0.717, 1.165) is 0 Å². The topological polar surface area (TPSA) is 106 Å². The number of aromatic nitrogens is 2. The van der Waals surface area contributed by atoms with Gasteiger partial charge in [0.25, 0.3) is 0 Å². The monoisotopic (exact) mass is 255 g/mol. The minimum Gasteiger partial charge on any atom is -0.490 e. The summed E-state index contributed by atoms with van der Waals surface area (Å²) in [5.74, 6) is 6.85. The molecule has 4 N–H and O–H groups in total.